The maximum Gasteiger partial charge on any atom is 0.164 e. The smallest absolute Gasteiger partial charge is 0.164 e. The van der Waals surface area contributed by atoms with Gasteiger partial charge in [0.15, 0.2) is 5.79 Å². The molecule has 1 aliphatic rings. The van der Waals surface area contributed by atoms with E-state index in [0.29, 0.717) is 22.3 Å². The van der Waals surface area contributed by atoms with Crippen molar-refractivity contribution in [2.24, 2.45) is 0 Å². The van der Waals surface area contributed by atoms with Crippen molar-refractivity contribution in [1.82, 2.24) is 0 Å². The van der Waals surface area contributed by atoms with Gasteiger partial charge in [-0.1, -0.05) is 84.9 Å². The average Bonchev–Trinajstić information content (AvgIpc) is 3.26. The minimum absolute atomic E-state index is 0.367. The minimum Gasteiger partial charge on any atom is -0.378 e. The third-order valence-electron chi connectivity index (χ3n) is 6.92. The van der Waals surface area contributed by atoms with E-state index in [1.54, 1.807) is 62.4 Å². The predicted molar refractivity (Wildman–Crippen MR) is 136 cm³/mol. The van der Waals surface area contributed by atoms with Crippen LogP contribution in [0.5, 0.6) is 0 Å². The van der Waals surface area contributed by atoms with Gasteiger partial charge in [-0.3, -0.25) is 0 Å². The number of halogens is 2. The molecular weight excluding hydrogens is 474 g/mol. The zero-order chi connectivity index (χ0) is 26.3. The summed E-state index contributed by atoms with van der Waals surface area (Å²) in [6, 6.07) is 28.8. The topological polar surface area (TPSA) is 58.9 Å². The highest BCUT2D eigenvalue weighted by atomic mass is 19.1. The summed E-state index contributed by atoms with van der Waals surface area (Å²) in [5, 5.41) is 25.1. The van der Waals surface area contributed by atoms with Gasteiger partial charge in [0.25, 0.3) is 0 Å². The van der Waals surface area contributed by atoms with E-state index in [9.17, 15) is 19.0 Å². The Kier molecular flexibility index (Phi) is 6.46. The molecule has 5 rings (SSSR count). The van der Waals surface area contributed by atoms with Crippen molar-refractivity contribution in [2.45, 2.75) is 43.0 Å². The molecule has 0 bridgehead atoms. The molecule has 190 valence electrons. The molecule has 6 heteroatoms. The molecule has 0 saturated carbocycles. The van der Waals surface area contributed by atoms with Crippen LogP contribution < -0.4 is 0 Å². The van der Waals surface area contributed by atoms with Crippen LogP contribution in [0.3, 0.4) is 0 Å². The van der Waals surface area contributed by atoms with Crippen LogP contribution in [-0.2, 0) is 20.7 Å². The Bertz CT molecular complexity index is 1240. The summed E-state index contributed by atoms with van der Waals surface area (Å²) in [6.45, 7) is 3.40. The van der Waals surface area contributed by atoms with Crippen molar-refractivity contribution < 1.29 is 28.5 Å². The second-order valence-electron chi connectivity index (χ2n) is 9.76. The Hall–Kier alpha value is -3.42. The van der Waals surface area contributed by atoms with Gasteiger partial charge in [0.05, 0.1) is 0 Å². The summed E-state index contributed by atoms with van der Waals surface area (Å²) in [5.74, 6) is -2.11. The van der Waals surface area contributed by atoms with Crippen LogP contribution in [0, 0.1) is 11.6 Å². The monoisotopic (exact) mass is 502 g/mol. The van der Waals surface area contributed by atoms with Gasteiger partial charge in [-0.2, -0.15) is 0 Å². The molecule has 1 saturated heterocycles. The van der Waals surface area contributed by atoms with Gasteiger partial charge in [-0.25, -0.2) is 8.78 Å². The van der Waals surface area contributed by atoms with Crippen molar-refractivity contribution in [1.29, 1.82) is 0 Å². The molecule has 0 unspecified atom stereocenters. The fourth-order valence-corrected chi connectivity index (χ4v) is 5.15. The first-order valence-electron chi connectivity index (χ1n) is 12.1. The molecule has 1 fully saturated rings. The van der Waals surface area contributed by atoms with Crippen molar-refractivity contribution in [2.75, 3.05) is 0 Å². The maximum atomic E-state index is 13.9. The van der Waals surface area contributed by atoms with Crippen LogP contribution in [0.2, 0.25) is 0 Å². The van der Waals surface area contributed by atoms with Gasteiger partial charge in [-0.05, 0) is 60.4 Å². The lowest BCUT2D eigenvalue weighted by molar-refractivity contribution is -0.172. The van der Waals surface area contributed by atoms with E-state index in [2.05, 4.69) is 0 Å². The first-order chi connectivity index (χ1) is 17.6. The summed E-state index contributed by atoms with van der Waals surface area (Å²) in [7, 11) is 0. The third kappa shape index (κ3) is 4.47. The van der Waals surface area contributed by atoms with Gasteiger partial charge in [0, 0.05) is 0 Å². The van der Waals surface area contributed by atoms with E-state index in [1.165, 1.54) is 48.5 Å². The highest BCUT2D eigenvalue weighted by molar-refractivity contribution is 5.43. The molecule has 0 amide bonds. The second kappa shape index (κ2) is 9.47. The van der Waals surface area contributed by atoms with E-state index in [-0.39, 0.29) is 0 Å². The Morgan fingerprint density at radius 2 is 0.838 bits per heavy atom. The van der Waals surface area contributed by atoms with Crippen LogP contribution in [0.1, 0.15) is 36.1 Å². The average molecular weight is 503 g/mol. The zero-order valence-corrected chi connectivity index (χ0v) is 20.5. The predicted octanol–water partition coefficient (Wildman–Crippen LogP) is 5.66. The molecule has 0 aliphatic carbocycles. The van der Waals surface area contributed by atoms with Gasteiger partial charge in [0.2, 0.25) is 0 Å². The van der Waals surface area contributed by atoms with Gasteiger partial charge < -0.3 is 19.7 Å². The first-order valence-corrected chi connectivity index (χ1v) is 12.1. The van der Waals surface area contributed by atoms with E-state index < -0.39 is 40.8 Å². The number of rotatable bonds is 6. The number of ether oxygens (including phenoxy) is 2. The Morgan fingerprint density at radius 3 is 1.16 bits per heavy atom. The van der Waals surface area contributed by atoms with E-state index in [4.69, 9.17) is 9.47 Å². The lowest BCUT2D eigenvalue weighted by Crippen LogP contribution is -2.55. The van der Waals surface area contributed by atoms with Crippen molar-refractivity contribution in [3.05, 3.63) is 143 Å². The Labute approximate surface area is 214 Å². The maximum absolute atomic E-state index is 13.9. The minimum atomic E-state index is -1.85. The van der Waals surface area contributed by atoms with E-state index >= 15 is 0 Å². The standard InChI is InChI=1S/C31H28F2O4/c1-29(2)36-27(30(34,21-9-5-3-6-10-21)23-13-17-25(32)18-14-23)28(37-29)31(35,22-11-7-4-8-12-22)24-15-19-26(33)20-16-24/h3-20,27-28,34-35H,1-2H3/t27-,28-,30-,31-/m1/s1. The van der Waals surface area contributed by atoms with Crippen LogP contribution in [0.15, 0.2) is 109 Å². The molecule has 1 aliphatic heterocycles. The molecule has 4 nitrogen and oxygen atoms in total. The number of hydrogen-bond acceptors (Lipinski definition) is 4. The summed E-state index contributed by atoms with van der Waals surface area (Å²) in [5.41, 5.74) is -2.01. The van der Waals surface area contributed by atoms with Crippen molar-refractivity contribution >= 4 is 0 Å². The highest BCUT2D eigenvalue weighted by Crippen LogP contribution is 2.50. The Morgan fingerprint density at radius 1 is 0.541 bits per heavy atom. The van der Waals surface area contributed by atoms with Gasteiger partial charge >= 0.3 is 0 Å². The van der Waals surface area contributed by atoms with Crippen LogP contribution >= 0.6 is 0 Å². The van der Waals surface area contributed by atoms with Crippen LogP contribution in [0.4, 0.5) is 8.78 Å². The molecule has 1 heterocycles. The molecule has 4 aromatic carbocycles. The molecule has 0 aromatic heterocycles. The van der Waals surface area contributed by atoms with Crippen LogP contribution in [0.25, 0.3) is 0 Å². The molecule has 37 heavy (non-hydrogen) atoms. The summed E-state index contributed by atoms with van der Waals surface area (Å²) < 4.78 is 40.6. The number of aliphatic hydroxyl groups is 2. The lowest BCUT2D eigenvalue weighted by atomic mass is 9.72. The quantitative estimate of drug-likeness (QED) is 0.357. The SMILES string of the molecule is CC1(C)O[C@@H]([C@@](O)(c2ccccc2)c2ccc(F)cc2)[C@H]([C@@](O)(c2ccccc2)c2ccc(F)cc2)O1. The third-order valence-corrected chi connectivity index (χ3v) is 6.92. The summed E-state index contributed by atoms with van der Waals surface area (Å²) >= 11 is 0. The van der Waals surface area contributed by atoms with Crippen LogP contribution in [-0.4, -0.2) is 28.2 Å². The largest absolute Gasteiger partial charge is 0.378 e. The van der Waals surface area contributed by atoms with E-state index in [0.717, 1.165) is 0 Å². The van der Waals surface area contributed by atoms with Crippen molar-refractivity contribution in [3.63, 3.8) is 0 Å². The molecular formula is C31H28F2O4. The summed E-state index contributed by atoms with van der Waals surface area (Å²) in [6.07, 6.45) is -2.32. The number of hydrogen-bond donors (Lipinski definition) is 2. The second-order valence-corrected chi connectivity index (χ2v) is 9.76. The molecule has 4 atom stereocenters. The van der Waals surface area contributed by atoms with Crippen molar-refractivity contribution in [3.8, 4) is 0 Å². The first kappa shape index (κ1) is 25.2. The highest BCUT2D eigenvalue weighted by Gasteiger charge is 2.61. The van der Waals surface area contributed by atoms with Gasteiger partial charge in [-0.15, -0.1) is 0 Å². The molecule has 2 N–H and O–H groups in total. The molecule has 0 spiro atoms. The fraction of sp³-hybridized carbons (Fsp3) is 0.226. The zero-order valence-electron chi connectivity index (χ0n) is 20.5. The molecule has 4 aromatic rings. The normalized spacial score (nSPS) is 22.2. The van der Waals surface area contributed by atoms with E-state index in [1.807, 2.05) is 12.1 Å². The Balaban J connectivity index is 1.76. The lowest BCUT2D eigenvalue weighted by Gasteiger charge is -2.42. The fourth-order valence-electron chi connectivity index (χ4n) is 5.15. The van der Waals surface area contributed by atoms with Gasteiger partial charge in [0.1, 0.15) is 35.0 Å². The summed E-state index contributed by atoms with van der Waals surface area (Å²) in [4.78, 5) is 0. The number of benzene rings is 4. The molecule has 0 radical (unpaired) electrons.